The molecule has 15 heavy (non-hydrogen) atoms. The molecule has 1 rings (SSSR count). The van der Waals surface area contributed by atoms with Crippen LogP contribution in [-0.2, 0) is 6.54 Å². The van der Waals surface area contributed by atoms with Crippen molar-refractivity contribution >= 4 is 0 Å². The van der Waals surface area contributed by atoms with Crippen molar-refractivity contribution in [3.8, 4) is 11.5 Å². The fourth-order valence-electron chi connectivity index (χ4n) is 1.61. The Bertz CT molecular complexity index is 312. The molecule has 3 nitrogen and oxygen atoms in total. The van der Waals surface area contributed by atoms with Crippen molar-refractivity contribution in [3.63, 3.8) is 0 Å². The van der Waals surface area contributed by atoms with Crippen LogP contribution in [0.3, 0.4) is 0 Å². The Kier molecular flexibility index (Phi) is 4.43. The molecule has 1 N–H and O–H groups in total. The average Bonchev–Trinajstić information content (AvgIpc) is 2.18. The molecule has 1 aromatic rings. The predicted molar refractivity (Wildman–Crippen MR) is 61.3 cm³/mol. The van der Waals surface area contributed by atoms with Crippen LogP contribution in [0.15, 0.2) is 18.2 Å². The fourth-order valence-corrected chi connectivity index (χ4v) is 1.61. The van der Waals surface area contributed by atoms with Crippen LogP contribution in [0.5, 0.6) is 11.5 Å². The molecule has 0 bridgehead atoms. The largest absolute Gasteiger partial charge is 0.504 e. The van der Waals surface area contributed by atoms with Crippen LogP contribution < -0.4 is 4.74 Å². The molecule has 0 aliphatic carbocycles. The molecule has 0 aromatic heterocycles. The summed E-state index contributed by atoms with van der Waals surface area (Å²) in [4.78, 5) is 2.22. The first-order valence-corrected chi connectivity index (χ1v) is 5.21. The number of aromatic hydroxyl groups is 1. The van der Waals surface area contributed by atoms with Gasteiger partial charge in [-0.3, -0.25) is 0 Å². The molecule has 0 amide bonds. The normalized spacial score (nSPS) is 10.7. The molecule has 1 aromatic carbocycles. The lowest BCUT2D eigenvalue weighted by Crippen LogP contribution is -2.18. The Hall–Kier alpha value is -1.22. The Labute approximate surface area is 91.3 Å². The van der Waals surface area contributed by atoms with Crippen molar-refractivity contribution in [2.24, 2.45) is 0 Å². The number of ether oxygens (including phenoxy) is 1. The van der Waals surface area contributed by atoms with E-state index in [4.69, 9.17) is 4.74 Å². The lowest BCUT2D eigenvalue weighted by atomic mass is 10.2. The number of methoxy groups -OCH3 is 1. The van der Waals surface area contributed by atoms with E-state index in [1.165, 1.54) is 0 Å². The van der Waals surface area contributed by atoms with Crippen molar-refractivity contribution in [3.05, 3.63) is 23.8 Å². The number of phenolic OH excluding ortho intramolecular Hbond substituents is 1. The van der Waals surface area contributed by atoms with E-state index in [1.807, 2.05) is 6.07 Å². The summed E-state index contributed by atoms with van der Waals surface area (Å²) in [5.74, 6) is 0.733. The zero-order valence-corrected chi connectivity index (χ0v) is 9.66. The smallest absolute Gasteiger partial charge is 0.160 e. The molecular weight excluding hydrogens is 190 g/mol. The Morgan fingerprint density at radius 2 is 2.13 bits per heavy atom. The maximum Gasteiger partial charge on any atom is 0.160 e. The van der Waals surface area contributed by atoms with Crippen molar-refractivity contribution in [1.82, 2.24) is 4.90 Å². The molecule has 0 aliphatic rings. The maximum atomic E-state index is 9.59. The monoisotopic (exact) mass is 209 g/mol. The van der Waals surface area contributed by atoms with E-state index in [2.05, 4.69) is 18.9 Å². The van der Waals surface area contributed by atoms with Gasteiger partial charge in [-0.1, -0.05) is 13.0 Å². The van der Waals surface area contributed by atoms with E-state index >= 15 is 0 Å². The van der Waals surface area contributed by atoms with Gasteiger partial charge < -0.3 is 14.7 Å². The van der Waals surface area contributed by atoms with Gasteiger partial charge in [-0.05, 0) is 37.7 Å². The Balaban J connectivity index is 2.66. The van der Waals surface area contributed by atoms with Gasteiger partial charge in [-0.2, -0.15) is 0 Å². The maximum absolute atomic E-state index is 9.59. The average molecular weight is 209 g/mol. The minimum absolute atomic E-state index is 0.208. The first-order valence-electron chi connectivity index (χ1n) is 5.21. The van der Waals surface area contributed by atoms with Crippen LogP contribution in [0.1, 0.15) is 18.9 Å². The number of benzene rings is 1. The molecule has 3 heteroatoms. The zero-order chi connectivity index (χ0) is 11.3. The first kappa shape index (κ1) is 11.9. The fraction of sp³-hybridized carbons (Fsp3) is 0.500. The second-order valence-electron chi connectivity index (χ2n) is 3.74. The summed E-state index contributed by atoms with van der Waals surface area (Å²) in [6.07, 6.45) is 1.14. The van der Waals surface area contributed by atoms with Crippen molar-refractivity contribution < 1.29 is 9.84 Å². The molecule has 0 saturated heterocycles. The number of phenols is 1. The lowest BCUT2D eigenvalue weighted by molar-refractivity contribution is 0.325. The predicted octanol–water partition coefficient (Wildman–Crippen LogP) is 2.24. The van der Waals surface area contributed by atoms with Crippen LogP contribution in [0, 0.1) is 0 Å². The van der Waals surface area contributed by atoms with Crippen molar-refractivity contribution in [2.75, 3.05) is 20.7 Å². The Morgan fingerprint density at radius 3 is 2.67 bits per heavy atom. The van der Waals surface area contributed by atoms with E-state index in [1.54, 1.807) is 19.2 Å². The third kappa shape index (κ3) is 3.44. The second kappa shape index (κ2) is 5.61. The standard InChI is InChI=1S/C12H19NO2/c1-4-7-13(2)9-10-5-6-12(15-3)11(14)8-10/h5-6,8,14H,4,7,9H2,1-3H3. The number of hydrogen-bond acceptors (Lipinski definition) is 3. The molecule has 0 atom stereocenters. The van der Waals surface area contributed by atoms with Gasteiger partial charge in [-0.25, -0.2) is 0 Å². The highest BCUT2D eigenvalue weighted by molar-refractivity contribution is 5.41. The molecule has 84 valence electrons. The molecule has 0 aliphatic heterocycles. The van der Waals surface area contributed by atoms with Gasteiger partial charge in [0, 0.05) is 6.54 Å². The minimum Gasteiger partial charge on any atom is -0.504 e. The summed E-state index contributed by atoms with van der Waals surface area (Å²) in [5, 5.41) is 9.59. The topological polar surface area (TPSA) is 32.7 Å². The SMILES string of the molecule is CCCN(C)Cc1ccc(OC)c(O)c1. The van der Waals surface area contributed by atoms with Crippen molar-refractivity contribution in [2.45, 2.75) is 19.9 Å². The van der Waals surface area contributed by atoms with Gasteiger partial charge in [0.15, 0.2) is 11.5 Å². The van der Waals surface area contributed by atoms with Crippen molar-refractivity contribution in [1.29, 1.82) is 0 Å². The number of nitrogens with zero attached hydrogens (tertiary/aromatic N) is 1. The summed E-state index contributed by atoms with van der Waals surface area (Å²) < 4.78 is 4.99. The molecular formula is C12H19NO2. The number of hydrogen-bond donors (Lipinski definition) is 1. The number of rotatable bonds is 5. The van der Waals surface area contributed by atoms with Crippen LogP contribution in [-0.4, -0.2) is 30.7 Å². The Morgan fingerprint density at radius 1 is 1.40 bits per heavy atom. The van der Waals surface area contributed by atoms with Gasteiger partial charge in [-0.15, -0.1) is 0 Å². The minimum atomic E-state index is 0.208. The summed E-state index contributed by atoms with van der Waals surface area (Å²) in [5.41, 5.74) is 1.10. The van der Waals surface area contributed by atoms with Crippen LogP contribution in [0.2, 0.25) is 0 Å². The quantitative estimate of drug-likeness (QED) is 0.807. The molecule has 0 spiro atoms. The third-order valence-corrected chi connectivity index (χ3v) is 2.30. The summed E-state index contributed by atoms with van der Waals surface area (Å²) in [7, 11) is 3.63. The summed E-state index contributed by atoms with van der Waals surface area (Å²) >= 11 is 0. The second-order valence-corrected chi connectivity index (χ2v) is 3.74. The molecule has 0 unspecified atom stereocenters. The molecule has 0 saturated carbocycles. The van der Waals surface area contributed by atoms with E-state index in [0.29, 0.717) is 5.75 Å². The van der Waals surface area contributed by atoms with E-state index in [-0.39, 0.29) is 5.75 Å². The van der Waals surface area contributed by atoms with Gasteiger partial charge in [0.25, 0.3) is 0 Å². The lowest BCUT2D eigenvalue weighted by Gasteiger charge is -2.15. The first-order chi connectivity index (χ1) is 7.17. The van der Waals surface area contributed by atoms with Gasteiger partial charge in [0.1, 0.15) is 0 Å². The highest BCUT2D eigenvalue weighted by Gasteiger charge is 2.04. The highest BCUT2D eigenvalue weighted by atomic mass is 16.5. The molecule has 0 heterocycles. The molecule has 0 fully saturated rings. The van der Waals surface area contributed by atoms with Crippen LogP contribution >= 0.6 is 0 Å². The van der Waals surface area contributed by atoms with Gasteiger partial charge >= 0.3 is 0 Å². The molecule has 0 radical (unpaired) electrons. The van der Waals surface area contributed by atoms with Gasteiger partial charge in [0.05, 0.1) is 7.11 Å². The zero-order valence-electron chi connectivity index (χ0n) is 9.66. The third-order valence-electron chi connectivity index (χ3n) is 2.30. The van der Waals surface area contributed by atoms with Crippen LogP contribution in [0.25, 0.3) is 0 Å². The van der Waals surface area contributed by atoms with E-state index in [0.717, 1.165) is 25.1 Å². The van der Waals surface area contributed by atoms with E-state index in [9.17, 15) is 5.11 Å². The summed E-state index contributed by atoms with van der Waals surface area (Å²) in [6, 6.07) is 5.53. The van der Waals surface area contributed by atoms with Gasteiger partial charge in [0.2, 0.25) is 0 Å². The van der Waals surface area contributed by atoms with E-state index < -0.39 is 0 Å². The summed E-state index contributed by atoms with van der Waals surface area (Å²) in [6.45, 7) is 4.07. The highest BCUT2D eigenvalue weighted by Crippen LogP contribution is 2.26. The van der Waals surface area contributed by atoms with Crippen LogP contribution in [0.4, 0.5) is 0 Å².